The number of halogens is 2. The van der Waals surface area contributed by atoms with Gasteiger partial charge in [-0.3, -0.25) is 4.72 Å². The van der Waals surface area contributed by atoms with Crippen LogP contribution < -0.4 is 10.0 Å². The van der Waals surface area contributed by atoms with Crippen LogP contribution in [0.25, 0.3) is 0 Å². The smallest absolute Gasteiger partial charge is 0.232 e. The molecule has 0 radical (unpaired) electrons. The van der Waals surface area contributed by atoms with Crippen LogP contribution in [-0.2, 0) is 10.0 Å². The zero-order chi connectivity index (χ0) is 15.5. The third-order valence-corrected chi connectivity index (χ3v) is 4.72. The van der Waals surface area contributed by atoms with Crippen molar-refractivity contribution in [2.24, 2.45) is 0 Å². The van der Waals surface area contributed by atoms with Crippen LogP contribution in [0.1, 0.15) is 31.2 Å². The molecule has 1 aliphatic rings. The normalized spacial score (nSPS) is 15.2. The van der Waals surface area contributed by atoms with Crippen LogP contribution in [0, 0.1) is 18.6 Å². The van der Waals surface area contributed by atoms with E-state index in [1.54, 1.807) is 0 Å². The molecule has 1 aromatic carbocycles. The van der Waals surface area contributed by atoms with Gasteiger partial charge in [-0.25, -0.2) is 17.2 Å². The SMILES string of the molecule is Cc1cc(F)c(NS(=O)(=O)CCCCNC2CC2)cc1F. The largest absolute Gasteiger partial charge is 0.314 e. The molecule has 0 saturated heterocycles. The van der Waals surface area contributed by atoms with Crippen molar-refractivity contribution in [1.82, 2.24) is 5.32 Å². The quantitative estimate of drug-likeness (QED) is 0.724. The molecule has 1 saturated carbocycles. The molecule has 0 spiro atoms. The second-order valence-electron chi connectivity index (χ2n) is 5.44. The molecule has 1 aromatic rings. The van der Waals surface area contributed by atoms with E-state index in [0.717, 1.165) is 25.1 Å². The predicted molar refractivity (Wildman–Crippen MR) is 78.8 cm³/mol. The Hall–Kier alpha value is -1.21. The Kier molecular flexibility index (Phi) is 5.16. The van der Waals surface area contributed by atoms with Gasteiger partial charge in [0.15, 0.2) is 0 Å². The highest BCUT2D eigenvalue weighted by Crippen LogP contribution is 2.20. The molecule has 0 bridgehead atoms. The Morgan fingerprint density at radius 2 is 1.90 bits per heavy atom. The van der Waals surface area contributed by atoms with Crippen molar-refractivity contribution in [2.75, 3.05) is 17.0 Å². The molecule has 4 nitrogen and oxygen atoms in total. The van der Waals surface area contributed by atoms with E-state index in [1.807, 2.05) is 0 Å². The van der Waals surface area contributed by atoms with Crippen LogP contribution in [0.4, 0.5) is 14.5 Å². The van der Waals surface area contributed by atoms with Gasteiger partial charge in [0.1, 0.15) is 11.6 Å². The molecule has 0 aliphatic heterocycles. The van der Waals surface area contributed by atoms with E-state index in [4.69, 9.17) is 0 Å². The Balaban J connectivity index is 1.83. The third-order valence-electron chi connectivity index (χ3n) is 3.36. The average molecular weight is 318 g/mol. The molecule has 7 heteroatoms. The standard InChI is InChI=1S/C14H20F2N2O2S/c1-10-8-13(16)14(9-12(10)15)18-21(19,20)7-3-2-6-17-11-4-5-11/h8-9,11,17-18H,2-7H2,1H3. The maximum absolute atomic E-state index is 13.6. The van der Waals surface area contributed by atoms with Gasteiger partial charge < -0.3 is 5.32 Å². The fourth-order valence-corrected chi connectivity index (χ4v) is 3.13. The molecule has 118 valence electrons. The number of aryl methyl sites for hydroxylation is 1. The lowest BCUT2D eigenvalue weighted by atomic mass is 10.2. The summed E-state index contributed by atoms with van der Waals surface area (Å²) in [6, 6.07) is 2.45. The number of sulfonamides is 1. The Morgan fingerprint density at radius 3 is 2.57 bits per heavy atom. The second kappa shape index (κ2) is 6.70. The highest BCUT2D eigenvalue weighted by molar-refractivity contribution is 7.92. The summed E-state index contributed by atoms with van der Waals surface area (Å²) >= 11 is 0. The van der Waals surface area contributed by atoms with Crippen LogP contribution >= 0.6 is 0 Å². The molecule has 0 atom stereocenters. The number of unbranched alkanes of at least 4 members (excludes halogenated alkanes) is 1. The van der Waals surface area contributed by atoms with E-state index in [2.05, 4.69) is 10.0 Å². The van der Waals surface area contributed by atoms with Crippen LogP contribution in [0.2, 0.25) is 0 Å². The first-order valence-electron chi connectivity index (χ1n) is 7.07. The number of anilines is 1. The Bertz CT molecular complexity index is 601. The first-order chi connectivity index (χ1) is 9.87. The lowest BCUT2D eigenvalue weighted by molar-refractivity contribution is 0.585. The van der Waals surface area contributed by atoms with Gasteiger partial charge in [-0.2, -0.15) is 0 Å². The van der Waals surface area contributed by atoms with Crippen molar-refractivity contribution in [3.63, 3.8) is 0 Å². The fraction of sp³-hybridized carbons (Fsp3) is 0.571. The van der Waals surface area contributed by atoms with Crippen molar-refractivity contribution in [1.29, 1.82) is 0 Å². The van der Waals surface area contributed by atoms with Gasteiger partial charge in [0, 0.05) is 12.1 Å². The molecule has 2 N–H and O–H groups in total. The molecule has 1 fully saturated rings. The zero-order valence-corrected chi connectivity index (χ0v) is 12.8. The minimum Gasteiger partial charge on any atom is -0.314 e. The predicted octanol–water partition coefficient (Wildman–Crippen LogP) is 2.55. The topological polar surface area (TPSA) is 58.2 Å². The van der Waals surface area contributed by atoms with Crippen molar-refractivity contribution < 1.29 is 17.2 Å². The van der Waals surface area contributed by atoms with Crippen LogP contribution in [0.15, 0.2) is 12.1 Å². The van der Waals surface area contributed by atoms with Crippen molar-refractivity contribution in [3.05, 3.63) is 29.3 Å². The van der Waals surface area contributed by atoms with E-state index >= 15 is 0 Å². The summed E-state index contributed by atoms with van der Waals surface area (Å²) in [5, 5.41) is 3.29. The van der Waals surface area contributed by atoms with Gasteiger partial charge in [-0.15, -0.1) is 0 Å². The maximum atomic E-state index is 13.6. The van der Waals surface area contributed by atoms with Crippen LogP contribution in [0.5, 0.6) is 0 Å². The van der Waals surface area contributed by atoms with Crippen LogP contribution in [0.3, 0.4) is 0 Å². The molecule has 21 heavy (non-hydrogen) atoms. The van der Waals surface area contributed by atoms with E-state index in [1.165, 1.54) is 19.8 Å². The number of rotatable bonds is 8. The summed E-state index contributed by atoms with van der Waals surface area (Å²) in [6.07, 6.45) is 3.60. The zero-order valence-electron chi connectivity index (χ0n) is 12.0. The molecule has 1 aliphatic carbocycles. The highest BCUT2D eigenvalue weighted by Gasteiger charge is 2.20. The fourth-order valence-electron chi connectivity index (χ4n) is 1.95. The monoisotopic (exact) mass is 318 g/mol. The van der Waals surface area contributed by atoms with Gasteiger partial charge in [-0.05, 0) is 50.8 Å². The van der Waals surface area contributed by atoms with Crippen molar-refractivity contribution in [2.45, 2.75) is 38.6 Å². The minimum absolute atomic E-state index is 0.103. The summed E-state index contributed by atoms with van der Waals surface area (Å²) < 4.78 is 52.7. The van der Waals surface area contributed by atoms with Gasteiger partial charge in [0.2, 0.25) is 10.0 Å². The first kappa shape index (κ1) is 16.2. The van der Waals surface area contributed by atoms with Crippen molar-refractivity contribution >= 4 is 15.7 Å². The molecular formula is C14H20F2N2O2S. The second-order valence-corrected chi connectivity index (χ2v) is 7.28. The van der Waals surface area contributed by atoms with E-state index in [-0.39, 0.29) is 17.0 Å². The van der Waals surface area contributed by atoms with E-state index < -0.39 is 21.7 Å². The number of hydrogen-bond donors (Lipinski definition) is 2. The van der Waals surface area contributed by atoms with Crippen molar-refractivity contribution in [3.8, 4) is 0 Å². The third kappa shape index (κ3) is 5.24. The summed E-state index contributed by atoms with van der Waals surface area (Å²) in [5.74, 6) is -1.51. The molecule has 0 unspecified atom stereocenters. The molecule has 2 rings (SSSR count). The summed E-state index contributed by atoms with van der Waals surface area (Å²) in [7, 11) is -3.66. The lowest BCUT2D eigenvalue weighted by Gasteiger charge is -2.10. The maximum Gasteiger partial charge on any atom is 0.232 e. The first-order valence-corrected chi connectivity index (χ1v) is 8.72. The molecule has 0 aromatic heterocycles. The average Bonchev–Trinajstić information content (AvgIpc) is 3.19. The molecule has 0 amide bonds. The minimum atomic E-state index is -3.66. The van der Waals surface area contributed by atoms with Crippen LogP contribution in [-0.4, -0.2) is 26.8 Å². The van der Waals surface area contributed by atoms with Gasteiger partial charge in [-0.1, -0.05) is 0 Å². The lowest BCUT2D eigenvalue weighted by Crippen LogP contribution is -2.21. The summed E-state index contributed by atoms with van der Waals surface area (Å²) in [5.41, 5.74) is -0.198. The van der Waals surface area contributed by atoms with Gasteiger partial charge >= 0.3 is 0 Å². The van der Waals surface area contributed by atoms with Gasteiger partial charge in [0.25, 0.3) is 0 Å². The summed E-state index contributed by atoms with van der Waals surface area (Å²) in [4.78, 5) is 0. The molecule has 0 heterocycles. The number of benzene rings is 1. The summed E-state index contributed by atoms with van der Waals surface area (Å²) in [6.45, 7) is 2.21. The van der Waals surface area contributed by atoms with Gasteiger partial charge in [0.05, 0.1) is 11.4 Å². The van der Waals surface area contributed by atoms with E-state index in [0.29, 0.717) is 12.5 Å². The van der Waals surface area contributed by atoms with E-state index in [9.17, 15) is 17.2 Å². The Labute approximate surface area is 124 Å². The Morgan fingerprint density at radius 1 is 1.19 bits per heavy atom. The molecular weight excluding hydrogens is 298 g/mol. The highest BCUT2D eigenvalue weighted by atomic mass is 32.2. The number of nitrogens with one attached hydrogen (secondary N) is 2. The number of hydrogen-bond acceptors (Lipinski definition) is 3.